The van der Waals surface area contributed by atoms with Crippen LogP contribution in [0.3, 0.4) is 0 Å². The van der Waals surface area contributed by atoms with Crippen LogP contribution in [0.2, 0.25) is 0 Å². The summed E-state index contributed by atoms with van der Waals surface area (Å²) in [6.45, 7) is 3.86. The number of para-hydroxylation sites is 1. The van der Waals surface area contributed by atoms with E-state index in [-0.39, 0.29) is 5.91 Å². The van der Waals surface area contributed by atoms with Gasteiger partial charge in [-0.15, -0.1) is 0 Å². The minimum Gasteiger partial charge on any atom is -0.494 e. The highest BCUT2D eigenvalue weighted by molar-refractivity contribution is 6.10. The van der Waals surface area contributed by atoms with Crippen LogP contribution in [0.25, 0.3) is 0 Å². The quantitative estimate of drug-likeness (QED) is 0.700. The molecule has 0 saturated heterocycles. The third-order valence-corrected chi connectivity index (χ3v) is 4.84. The number of hydrogen-bond acceptors (Lipinski definition) is 4. The van der Waals surface area contributed by atoms with Crippen molar-refractivity contribution >= 4 is 17.4 Å². The number of carbonyl (C=O) groups excluding carboxylic acids is 1. The maximum Gasteiger partial charge on any atom is 0.262 e. The first kappa shape index (κ1) is 18.0. The number of ether oxygens (including phenoxy) is 1. The van der Waals surface area contributed by atoms with E-state index in [2.05, 4.69) is 16.4 Å². The summed E-state index contributed by atoms with van der Waals surface area (Å²) in [6.07, 6.45) is 2.59. The molecule has 3 aromatic rings. The topological polar surface area (TPSA) is 54.5 Å². The molecule has 142 valence electrons. The van der Waals surface area contributed by atoms with E-state index in [1.54, 1.807) is 12.3 Å². The van der Waals surface area contributed by atoms with Crippen LogP contribution in [-0.4, -0.2) is 24.0 Å². The highest BCUT2D eigenvalue weighted by Gasteiger charge is 2.26. The monoisotopic (exact) mass is 373 g/mol. The van der Waals surface area contributed by atoms with Gasteiger partial charge in [-0.25, -0.2) is 4.98 Å². The van der Waals surface area contributed by atoms with Gasteiger partial charge >= 0.3 is 0 Å². The smallest absolute Gasteiger partial charge is 0.262 e. The fourth-order valence-electron chi connectivity index (χ4n) is 3.51. The second kappa shape index (κ2) is 8.13. The normalized spacial score (nSPS) is 12.5. The number of benzene rings is 2. The lowest BCUT2D eigenvalue weighted by molar-refractivity contribution is 0.0990. The number of pyridine rings is 1. The van der Waals surface area contributed by atoms with Crippen LogP contribution in [0.15, 0.2) is 66.9 Å². The molecule has 0 fully saturated rings. The van der Waals surface area contributed by atoms with Crippen molar-refractivity contribution in [3.8, 4) is 5.75 Å². The molecule has 0 radical (unpaired) electrons. The zero-order chi connectivity index (χ0) is 19.3. The molecule has 1 aliphatic heterocycles. The third-order valence-electron chi connectivity index (χ3n) is 4.84. The Morgan fingerprint density at radius 1 is 1.14 bits per heavy atom. The van der Waals surface area contributed by atoms with Crippen molar-refractivity contribution in [2.75, 3.05) is 23.4 Å². The van der Waals surface area contributed by atoms with Gasteiger partial charge in [-0.05, 0) is 54.8 Å². The number of carbonyl (C=O) groups is 1. The van der Waals surface area contributed by atoms with E-state index < -0.39 is 0 Å². The van der Waals surface area contributed by atoms with Crippen molar-refractivity contribution < 1.29 is 9.53 Å². The van der Waals surface area contributed by atoms with Gasteiger partial charge in [-0.2, -0.15) is 0 Å². The molecular formula is C23H23N3O2. The van der Waals surface area contributed by atoms with Gasteiger partial charge in [0.15, 0.2) is 0 Å². The van der Waals surface area contributed by atoms with Gasteiger partial charge in [-0.1, -0.05) is 30.3 Å². The highest BCUT2D eigenvalue weighted by Crippen LogP contribution is 2.30. The summed E-state index contributed by atoms with van der Waals surface area (Å²) in [5.74, 6) is 1.41. The Labute approximate surface area is 165 Å². The van der Waals surface area contributed by atoms with Crippen LogP contribution in [0.4, 0.5) is 11.5 Å². The second-order valence-corrected chi connectivity index (χ2v) is 6.67. The molecule has 1 amide bonds. The van der Waals surface area contributed by atoms with E-state index in [0.29, 0.717) is 31.1 Å². The molecule has 5 nitrogen and oxygen atoms in total. The Hall–Kier alpha value is -3.34. The predicted octanol–water partition coefficient (Wildman–Crippen LogP) is 4.30. The lowest BCUT2D eigenvalue weighted by Crippen LogP contribution is -2.29. The van der Waals surface area contributed by atoms with Crippen LogP contribution in [0, 0.1) is 0 Å². The molecule has 0 unspecified atom stereocenters. The summed E-state index contributed by atoms with van der Waals surface area (Å²) in [6, 6.07) is 19.6. The number of aromatic nitrogens is 1. The standard InChI is InChI=1S/C23H23N3O2/c1-2-28-19-9-5-7-17(15-19)16-25-22-20(10-6-13-24-22)23(27)26-14-12-18-8-3-4-11-21(18)26/h3-11,13,15H,2,12,14,16H2,1H3,(H,24,25). The molecule has 0 saturated carbocycles. The number of rotatable bonds is 6. The van der Waals surface area contributed by atoms with Crippen molar-refractivity contribution in [2.45, 2.75) is 19.9 Å². The molecule has 4 rings (SSSR count). The van der Waals surface area contributed by atoms with Gasteiger partial charge in [0, 0.05) is 25.0 Å². The zero-order valence-electron chi connectivity index (χ0n) is 15.9. The van der Waals surface area contributed by atoms with Gasteiger partial charge in [0.2, 0.25) is 0 Å². The summed E-state index contributed by atoms with van der Waals surface area (Å²) in [4.78, 5) is 19.5. The molecule has 1 aromatic heterocycles. The number of hydrogen-bond donors (Lipinski definition) is 1. The average Bonchev–Trinajstić information content (AvgIpc) is 3.17. The lowest BCUT2D eigenvalue weighted by atomic mass is 10.1. The largest absolute Gasteiger partial charge is 0.494 e. The van der Waals surface area contributed by atoms with Crippen molar-refractivity contribution in [3.63, 3.8) is 0 Å². The van der Waals surface area contributed by atoms with E-state index in [4.69, 9.17) is 4.74 Å². The number of nitrogens with one attached hydrogen (secondary N) is 1. The molecule has 0 spiro atoms. The lowest BCUT2D eigenvalue weighted by Gasteiger charge is -2.19. The molecule has 28 heavy (non-hydrogen) atoms. The molecule has 0 atom stereocenters. The van der Waals surface area contributed by atoms with Gasteiger partial charge in [-0.3, -0.25) is 4.79 Å². The van der Waals surface area contributed by atoms with Crippen LogP contribution in [-0.2, 0) is 13.0 Å². The Morgan fingerprint density at radius 2 is 2.04 bits per heavy atom. The molecule has 2 aromatic carbocycles. The summed E-state index contributed by atoms with van der Waals surface area (Å²) >= 11 is 0. The first-order chi connectivity index (χ1) is 13.8. The van der Waals surface area contributed by atoms with Crippen molar-refractivity contribution in [1.29, 1.82) is 0 Å². The second-order valence-electron chi connectivity index (χ2n) is 6.67. The maximum atomic E-state index is 13.2. The van der Waals surface area contributed by atoms with Crippen molar-refractivity contribution in [1.82, 2.24) is 4.98 Å². The van der Waals surface area contributed by atoms with Crippen LogP contribution in [0.1, 0.15) is 28.4 Å². The minimum absolute atomic E-state index is 0.0244. The first-order valence-electron chi connectivity index (χ1n) is 9.56. The fraction of sp³-hybridized carbons (Fsp3) is 0.217. The number of amides is 1. The van der Waals surface area contributed by atoms with E-state index in [0.717, 1.165) is 23.4 Å². The van der Waals surface area contributed by atoms with Gasteiger partial charge in [0.25, 0.3) is 5.91 Å². The Kier molecular flexibility index (Phi) is 5.24. The Balaban J connectivity index is 1.53. The molecular weight excluding hydrogens is 350 g/mol. The Morgan fingerprint density at radius 3 is 2.93 bits per heavy atom. The molecule has 5 heteroatoms. The average molecular weight is 373 g/mol. The van der Waals surface area contributed by atoms with Crippen LogP contribution >= 0.6 is 0 Å². The summed E-state index contributed by atoms with van der Waals surface area (Å²) in [5, 5.41) is 3.31. The summed E-state index contributed by atoms with van der Waals surface area (Å²) in [7, 11) is 0. The van der Waals surface area contributed by atoms with Gasteiger partial charge in [0.05, 0.1) is 12.2 Å². The molecule has 0 aliphatic carbocycles. The van der Waals surface area contributed by atoms with Crippen molar-refractivity contribution in [3.05, 3.63) is 83.6 Å². The predicted molar refractivity (Wildman–Crippen MR) is 111 cm³/mol. The molecule has 2 heterocycles. The van der Waals surface area contributed by atoms with Crippen molar-refractivity contribution in [2.24, 2.45) is 0 Å². The van der Waals surface area contributed by atoms with Crippen LogP contribution in [0.5, 0.6) is 5.75 Å². The fourth-order valence-corrected chi connectivity index (χ4v) is 3.51. The van der Waals surface area contributed by atoms with E-state index in [9.17, 15) is 4.79 Å². The van der Waals surface area contributed by atoms with E-state index >= 15 is 0 Å². The zero-order valence-corrected chi connectivity index (χ0v) is 15.9. The third kappa shape index (κ3) is 3.69. The van der Waals surface area contributed by atoms with Gasteiger partial charge < -0.3 is 15.0 Å². The van der Waals surface area contributed by atoms with Crippen LogP contribution < -0.4 is 15.0 Å². The SMILES string of the molecule is CCOc1cccc(CNc2ncccc2C(=O)N2CCc3ccccc32)c1. The summed E-state index contributed by atoms with van der Waals surface area (Å²) in [5.41, 5.74) is 3.86. The maximum absolute atomic E-state index is 13.2. The molecule has 0 bridgehead atoms. The number of fused-ring (bicyclic) bond motifs is 1. The number of anilines is 2. The highest BCUT2D eigenvalue weighted by atomic mass is 16.5. The minimum atomic E-state index is -0.0244. The van der Waals surface area contributed by atoms with Gasteiger partial charge in [0.1, 0.15) is 11.6 Å². The van der Waals surface area contributed by atoms with E-state index in [1.165, 1.54) is 5.56 Å². The molecule has 1 N–H and O–H groups in total. The summed E-state index contributed by atoms with van der Waals surface area (Å²) < 4.78 is 5.56. The first-order valence-corrected chi connectivity index (χ1v) is 9.56. The Bertz CT molecular complexity index is 987. The van der Waals surface area contributed by atoms with E-state index in [1.807, 2.05) is 60.4 Å². The molecule has 1 aliphatic rings. The number of nitrogens with zero attached hydrogens (tertiary/aromatic N) is 2.